The Morgan fingerprint density at radius 2 is 2.05 bits per heavy atom. The molecule has 0 aliphatic heterocycles. The van der Waals surface area contributed by atoms with Crippen LogP contribution in [0.2, 0.25) is 0 Å². The minimum atomic E-state index is -1.05. The van der Waals surface area contributed by atoms with E-state index in [2.05, 4.69) is 19.2 Å². The van der Waals surface area contributed by atoms with Crippen LogP contribution in [0.15, 0.2) is 18.2 Å². The average Bonchev–Trinajstić information content (AvgIpc) is 2.40. The van der Waals surface area contributed by atoms with Crippen LogP contribution in [0, 0.1) is 12.8 Å². The zero-order chi connectivity index (χ0) is 15.3. The normalized spacial score (nSPS) is 11.8. The molecular formula is C15H22N2O3. The van der Waals surface area contributed by atoms with Gasteiger partial charge in [-0.1, -0.05) is 32.4 Å². The van der Waals surface area contributed by atoms with E-state index in [9.17, 15) is 9.59 Å². The number of rotatable bonds is 5. The molecule has 1 unspecified atom stereocenters. The Morgan fingerprint density at radius 1 is 1.40 bits per heavy atom. The topological polar surface area (TPSA) is 69.6 Å². The van der Waals surface area contributed by atoms with Crippen molar-refractivity contribution >= 4 is 17.7 Å². The van der Waals surface area contributed by atoms with Crippen molar-refractivity contribution in [2.45, 2.75) is 27.2 Å². The SMILES string of the molecule is CCC(C)CN(C)C(=O)Nc1c(C)cccc1C(=O)O. The number of hydrogen-bond acceptors (Lipinski definition) is 2. The number of para-hydroxylation sites is 1. The molecule has 2 amide bonds. The first kappa shape index (κ1) is 16.0. The largest absolute Gasteiger partial charge is 0.478 e. The molecule has 0 fully saturated rings. The molecule has 1 rings (SSSR count). The van der Waals surface area contributed by atoms with E-state index in [1.807, 2.05) is 0 Å². The number of nitrogens with one attached hydrogen (secondary N) is 1. The number of aromatic carboxylic acids is 1. The minimum absolute atomic E-state index is 0.107. The van der Waals surface area contributed by atoms with Crippen LogP contribution >= 0.6 is 0 Å². The molecule has 1 atom stereocenters. The van der Waals surface area contributed by atoms with Gasteiger partial charge < -0.3 is 15.3 Å². The summed E-state index contributed by atoms with van der Waals surface area (Å²) in [6.07, 6.45) is 0.988. The van der Waals surface area contributed by atoms with Gasteiger partial charge in [-0.05, 0) is 24.5 Å². The van der Waals surface area contributed by atoms with Crippen LogP contribution in [0.3, 0.4) is 0 Å². The van der Waals surface area contributed by atoms with E-state index in [0.717, 1.165) is 12.0 Å². The molecule has 5 nitrogen and oxygen atoms in total. The highest BCUT2D eigenvalue weighted by molar-refractivity contribution is 6.00. The minimum Gasteiger partial charge on any atom is -0.478 e. The number of amides is 2. The lowest BCUT2D eigenvalue weighted by Crippen LogP contribution is -2.35. The summed E-state index contributed by atoms with van der Waals surface area (Å²) in [7, 11) is 1.71. The molecule has 2 N–H and O–H groups in total. The molecule has 0 bridgehead atoms. The van der Waals surface area contributed by atoms with Crippen molar-refractivity contribution in [3.05, 3.63) is 29.3 Å². The smallest absolute Gasteiger partial charge is 0.337 e. The van der Waals surface area contributed by atoms with E-state index in [1.165, 1.54) is 6.07 Å². The molecule has 0 heterocycles. The number of anilines is 1. The van der Waals surface area contributed by atoms with E-state index in [4.69, 9.17) is 5.11 Å². The Morgan fingerprint density at radius 3 is 2.60 bits per heavy atom. The van der Waals surface area contributed by atoms with Crippen molar-refractivity contribution < 1.29 is 14.7 Å². The molecular weight excluding hydrogens is 256 g/mol. The second-order valence-electron chi connectivity index (χ2n) is 5.13. The molecule has 0 aliphatic carbocycles. The molecule has 0 aliphatic rings. The maximum Gasteiger partial charge on any atom is 0.337 e. The van der Waals surface area contributed by atoms with E-state index in [0.29, 0.717) is 18.2 Å². The Bertz CT molecular complexity index is 500. The summed E-state index contributed by atoms with van der Waals surface area (Å²) in [5, 5.41) is 11.9. The Kier molecular flexibility index (Phi) is 5.55. The fourth-order valence-electron chi connectivity index (χ4n) is 1.89. The van der Waals surface area contributed by atoms with Gasteiger partial charge in [-0.25, -0.2) is 9.59 Å². The molecule has 0 saturated heterocycles. The van der Waals surface area contributed by atoms with Gasteiger partial charge >= 0.3 is 12.0 Å². The number of urea groups is 1. The summed E-state index contributed by atoms with van der Waals surface area (Å²) in [5.74, 6) is -0.643. The van der Waals surface area contributed by atoms with Crippen LogP contribution in [0.1, 0.15) is 36.2 Å². The number of carboxylic acid groups (broad SMARTS) is 1. The summed E-state index contributed by atoms with van der Waals surface area (Å²) < 4.78 is 0. The highest BCUT2D eigenvalue weighted by Gasteiger charge is 2.17. The van der Waals surface area contributed by atoms with Gasteiger partial charge in [0, 0.05) is 13.6 Å². The molecule has 0 saturated carbocycles. The number of nitrogens with zero attached hydrogens (tertiary/aromatic N) is 1. The first-order chi connectivity index (χ1) is 9.36. The van der Waals surface area contributed by atoms with Gasteiger partial charge in [0.15, 0.2) is 0 Å². The van der Waals surface area contributed by atoms with Crippen LogP contribution < -0.4 is 5.32 Å². The summed E-state index contributed by atoms with van der Waals surface area (Å²) >= 11 is 0. The highest BCUT2D eigenvalue weighted by Crippen LogP contribution is 2.21. The number of hydrogen-bond donors (Lipinski definition) is 2. The summed E-state index contributed by atoms with van der Waals surface area (Å²) in [4.78, 5) is 24.9. The predicted octanol–water partition coefficient (Wildman–Crippen LogP) is 3.20. The fourth-order valence-corrected chi connectivity index (χ4v) is 1.89. The van der Waals surface area contributed by atoms with Crippen molar-refractivity contribution in [2.75, 3.05) is 18.9 Å². The summed E-state index contributed by atoms with van der Waals surface area (Å²) in [6, 6.07) is 4.63. The highest BCUT2D eigenvalue weighted by atomic mass is 16.4. The van der Waals surface area contributed by atoms with Gasteiger partial charge in [-0.15, -0.1) is 0 Å². The van der Waals surface area contributed by atoms with Crippen LogP contribution in [0.4, 0.5) is 10.5 Å². The Hall–Kier alpha value is -2.04. The number of carbonyl (C=O) groups is 2. The van der Waals surface area contributed by atoms with Crippen molar-refractivity contribution in [1.82, 2.24) is 4.90 Å². The third-order valence-electron chi connectivity index (χ3n) is 3.36. The molecule has 0 spiro atoms. The summed E-state index contributed by atoms with van der Waals surface area (Å²) in [6.45, 7) is 6.55. The Balaban J connectivity index is 2.88. The molecule has 110 valence electrons. The molecule has 5 heteroatoms. The average molecular weight is 278 g/mol. The molecule has 0 radical (unpaired) electrons. The van der Waals surface area contributed by atoms with E-state index in [1.54, 1.807) is 31.0 Å². The molecule has 1 aromatic carbocycles. The van der Waals surface area contributed by atoms with Crippen molar-refractivity contribution in [1.29, 1.82) is 0 Å². The quantitative estimate of drug-likeness (QED) is 0.869. The van der Waals surface area contributed by atoms with E-state index < -0.39 is 5.97 Å². The van der Waals surface area contributed by atoms with Crippen molar-refractivity contribution in [3.63, 3.8) is 0 Å². The third-order valence-corrected chi connectivity index (χ3v) is 3.36. The van der Waals surface area contributed by atoms with Gasteiger partial charge in [-0.2, -0.15) is 0 Å². The zero-order valence-electron chi connectivity index (χ0n) is 12.4. The molecule has 1 aromatic rings. The van der Waals surface area contributed by atoms with Gasteiger partial charge in [0.05, 0.1) is 11.3 Å². The van der Waals surface area contributed by atoms with Crippen molar-refractivity contribution in [3.8, 4) is 0 Å². The van der Waals surface area contributed by atoms with Crippen LogP contribution in [0.5, 0.6) is 0 Å². The lowest BCUT2D eigenvalue weighted by Gasteiger charge is -2.22. The summed E-state index contributed by atoms with van der Waals surface area (Å²) in [5.41, 5.74) is 1.20. The second kappa shape index (κ2) is 6.93. The first-order valence-electron chi connectivity index (χ1n) is 6.71. The molecule has 0 aromatic heterocycles. The van der Waals surface area contributed by atoms with Gasteiger partial charge in [0.2, 0.25) is 0 Å². The third kappa shape index (κ3) is 3.98. The second-order valence-corrected chi connectivity index (χ2v) is 5.13. The van der Waals surface area contributed by atoms with Gasteiger partial charge in [0.1, 0.15) is 0 Å². The van der Waals surface area contributed by atoms with Crippen LogP contribution in [-0.2, 0) is 0 Å². The number of carboxylic acids is 1. The van der Waals surface area contributed by atoms with E-state index in [-0.39, 0.29) is 11.6 Å². The van der Waals surface area contributed by atoms with E-state index >= 15 is 0 Å². The molecule has 20 heavy (non-hydrogen) atoms. The van der Waals surface area contributed by atoms with Crippen LogP contribution in [0.25, 0.3) is 0 Å². The standard InChI is InChI=1S/C15H22N2O3/c1-5-10(2)9-17(4)15(20)16-13-11(3)7-6-8-12(13)14(18)19/h6-8,10H,5,9H2,1-4H3,(H,16,20)(H,18,19). The van der Waals surface area contributed by atoms with Crippen molar-refractivity contribution in [2.24, 2.45) is 5.92 Å². The Labute approximate surface area is 119 Å². The lowest BCUT2D eigenvalue weighted by molar-refractivity contribution is 0.0698. The maximum atomic E-state index is 12.1. The van der Waals surface area contributed by atoms with Gasteiger partial charge in [0.25, 0.3) is 0 Å². The van der Waals surface area contributed by atoms with Crippen LogP contribution in [-0.4, -0.2) is 35.6 Å². The monoisotopic (exact) mass is 278 g/mol. The zero-order valence-corrected chi connectivity index (χ0v) is 12.4. The number of carbonyl (C=O) groups excluding carboxylic acids is 1. The lowest BCUT2D eigenvalue weighted by atomic mass is 10.1. The maximum absolute atomic E-state index is 12.1. The van der Waals surface area contributed by atoms with Gasteiger partial charge in [-0.3, -0.25) is 0 Å². The predicted molar refractivity (Wildman–Crippen MR) is 79.2 cm³/mol. The first-order valence-corrected chi connectivity index (χ1v) is 6.71. The number of aryl methyl sites for hydroxylation is 1. The fraction of sp³-hybridized carbons (Fsp3) is 0.467. The number of benzene rings is 1.